The average molecular weight is 340 g/mol. The van der Waals surface area contributed by atoms with Crippen LogP contribution in [0.4, 0.5) is 18.9 Å². The number of hydrogen-bond donors (Lipinski definition) is 1. The van der Waals surface area contributed by atoms with E-state index in [2.05, 4.69) is 5.32 Å². The number of nitrogens with zero attached hydrogens (tertiary/aromatic N) is 1. The van der Waals surface area contributed by atoms with E-state index < -0.39 is 23.6 Å². The Kier molecular flexibility index (Phi) is 4.51. The first-order chi connectivity index (χ1) is 11.4. The maximum atomic E-state index is 13.0. The molecule has 24 heavy (non-hydrogen) atoms. The minimum absolute atomic E-state index is 0.0426. The van der Waals surface area contributed by atoms with Gasteiger partial charge in [-0.2, -0.15) is 13.2 Å². The van der Waals surface area contributed by atoms with Crippen LogP contribution in [0.1, 0.15) is 31.2 Å². The fourth-order valence-corrected chi connectivity index (χ4v) is 3.17. The maximum Gasteiger partial charge on any atom is 0.418 e. The second kappa shape index (κ2) is 6.45. The first-order valence-electron chi connectivity index (χ1n) is 8.14. The van der Waals surface area contributed by atoms with E-state index in [9.17, 15) is 22.8 Å². The predicted octanol–water partition coefficient (Wildman–Crippen LogP) is 3.29. The molecule has 2 unspecified atom stereocenters. The monoisotopic (exact) mass is 340 g/mol. The molecule has 1 aliphatic heterocycles. The Labute approximate surface area is 138 Å². The number of benzene rings is 1. The van der Waals surface area contributed by atoms with E-state index in [0.29, 0.717) is 19.5 Å². The van der Waals surface area contributed by atoms with Crippen molar-refractivity contribution in [1.82, 2.24) is 4.90 Å². The number of nitrogens with one attached hydrogen (secondary N) is 1. The summed E-state index contributed by atoms with van der Waals surface area (Å²) in [6.45, 7) is 1.42. The number of rotatable bonds is 3. The van der Waals surface area contributed by atoms with Crippen molar-refractivity contribution in [2.45, 2.75) is 31.9 Å². The first kappa shape index (κ1) is 16.8. The van der Waals surface area contributed by atoms with Crippen LogP contribution in [0, 0.1) is 11.8 Å². The Morgan fingerprint density at radius 2 is 1.71 bits per heavy atom. The quantitative estimate of drug-likeness (QED) is 0.918. The zero-order chi connectivity index (χ0) is 17.3. The molecule has 4 nitrogen and oxygen atoms in total. The largest absolute Gasteiger partial charge is 0.418 e. The number of piperidine rings is 1. The number of likely N-dealkylation sites (tertiary alicyclic amines) is 1. The highest BCUT2D eigenvalue weighted by Gasteiger charge is 2.49. The van der Waals surface area contributed by atoms with Gasteiger partial charge in [-0.05, 0) is 37.8 Å². The second-order valence-electron chi connectivity index (χ2n) is 6.37. The van der Waals surface area contributed by atoms with Gasteiger partial charge in [0.25, 0.3) is 0 Å². The van der Waals surface area contributed by atoms with Crippen LogP contribution < -0.4 is 5.32 Å². The van der Waals surface area contributed by atoms with Crippen molar-refractivity contribution in [3.05, 3.63) is 29.8 Å². The van der Waals surface area contributed by atoms with Crippen molar-refractivity contribution in [2.24, 2.45) is 11.8 Å². The van der Waals surface area contributed by atoms with Crippen LogP contribution in [0.3, 0.4) is 0 Å². The molecule has 2 fully saturated rings. The maximum absolute atomic E-state index is 13.0. The van der Waals surface area contributed by atoms with Gasteiger partial charge in [0.2, 0.25) is 11.8 Å². The van der Waals surface area contributed by atoms with E-state index in [1.165, 1.54) is 18.2 Å². The molecule has 3 rings (SSSR count). The fourth-order valence-electron chi connectivity index (χ4n) is 3.17. The number of hydrogen-bond acceptors (Lipinski definition) is 2. The van der Waals surface area contributed by atoms with E-state index in [4.69, 9.17) is 0 Å². The van der Waals surface area contributed by atoms with Crippen molar-refractivity contribution in [1.29, 1.82) is 0 Å². The lowest BCUT2D eigenvalue weighted by atomic mass is 10.1. The predicted molar refractivity (Wildman–Crippen MR) is 82.1 cm³/mol. The highest BCUT2D eigenvalue weighted by atomic mass is 19.4. The summed E-state index contributed by atoms with van der Waals surface area (Å²) in [4.78, 5) is 26.3. The van der Waals surface area contributed by atoms with Gasteiger partial charge in [0.1, 0.15) is 0 Å². The van der Waals surface area contributed by atoms with Crippen molar-refractivity contribution in [3.8, 4) is 0 Å². The Balaban J connectivity index is 1.62. The van der Waals surface area contributed by atoms with Gasteiger partial charge in [0, 0.05) is 13.1 Å². The highest BCUT2D eigenvalue weighted by molar-refractivity contribution is 6.00. The smallest absolute Gasteiger partial charge is 0.342 e. The van der Waals surface area contributed by atoms with Crippen LogP contribution in [0.5, 0.6) is 0 Å². The number of amides is 2. The standard InChI is InChI=1S/C17H19F3N2O2/c18-17(19,20)13-6-2-3-7-14(13)21-15(23)11-10-12(11)16(24)22-8-4-1-5-9-22/h2-3,6-7,11-12H,1,4-5,8-10H2,(H,21,23). The van der Waals surface area contributed by atoms with Gasteiger partial charge in [0.15, 0.2) is 0 Å². The number of carbonyl (C=O) groups is 2. The van der Waals surface area contributed by atoms with E-state index in [1.807, 2.05) is 0 Å². The molecule has 130 valence electrons. The highest BCUT2D eigenvalue weighted by Crippen LogP contribution is 2.42. The van der Waals surface area contributed by atoms with Crippen molar-refractivity contribution in [3.63, 3.8) is 0 Å². The van der Waals surface area contributed by atoms with Crippen LogP contribution in [-0.2, 0) is 15.8 Å². The molecule has 1 N–H and O–H groups in total. The van der Waals surface area contributed by atoms with E-state index in [1.54, 1.807) is 4.90 Å². The van der Waals surface area contributed by atoms with Crippen molar-refractivity contribution < 1.29 is 22.8 Å². The van der Waals surface area contributed by atoms with Crippen LogP contribution in [-0.4, -0.2) is 29.8 Å². The lowest BCUT2D eigenvalue weighted by Gasteiger charge is -2.26. The number of alkyl halides is 3. The summed E-state index contributed by atoms with van der Waals surface area (Å²) in [7, 11) is 0. The Morgan fingerprint density at radius 1 is 1.04 bits per heavy atom. The van der Waals surface area contributed by atoms with Crippen molar-refractivity contribution in [2.75, 3.05) is 18.4 Å². The van der Waals surface area contributed by atoms with Gasteiger partial charge < -0.3 is 10.2 Å². The lowest BCUT2D eigenvalue weighted by Crippen LogP contribution is -2.37. The minimum Gasteiger partial charge on any atom is -0.342 e. The molecule has 7 heteroatoms. The summed E-state index contributed by atoms with van der Waals surface area (Å²) in [6.07, 6.45) is -1.08. The molecular formula is C17H19F3N2O2. The molecule has 2 aliphatic rings. The molecular weight excluding hydrogens is 321 g/mol. The first-order valence-corrected chi connectivity index (χ1v) is 8.14. The third-order valence-corrected chi connectivity index (χ3v) is 4.60. The molecule has 2 atom stereocenters. The summed E-state index contributed by atoms with van der Waals surface area (Å²) in [5.74, 6) is -1.47. The zero-order valence-electron chi connectivity index (χ0n) is 13.1. The molecule has 0 radical (unpaired) electrons. The fraction of sp³-hybridized carbons (Fsp3) is 0.529. The minimum atomic E-state index is -4.53. The van der Waals surface area contributed by atoms with Crippen molar-refractivity contribution >= 4 is 17.5 Å². The third-order valence-electron chi connectivity index (χ3n) is 4.60. The summed E-state index contributed by atoms with van der Waals surface area (Å²) in [6, 6.07) is 4.87. The summed E-state index contributed by atoms with van der Waals surface area (Å²) in [5.41, 5.74) is -1.14. The SMILES string of the molecule is O=C(Nc1ccccc1C(F)(F)F)C1CC1C(=O)N1CCCCC1. The molecule has 1 heterocycles. The molecule has 1 saturated heterocycles. The topological polar surface area (TPSA) is 49.4 Å². The van der Waals surface area contributed by atoms with E-state index >= 15 is 0 Å². The second-order valence-corrected chi connectivity index (χ2v) is 6.37. The zero-order valence-corrected chi connectivity index (χ0v) is 13.1. The van der Waals surface area contributed by atoms with E-state index in [0.717, 1.165) is 25.3 Å². The molecule has 1 saturated carbocycles. The Morgan fingerprint density at radius 3 is 2.38 bits per heavy atom. The number of carbonyl (C=O) groups excluding carboxylic acids is 2. The number of halogens is 3. The molecule has 0 bridgehead atoms. The summed E-state index contributed by atoms with van der Waals surface area (Å²) in [5, 5.41) is 2.34. The van der Waals surface area contributed by atoms with Gasteiger partial charge in [-0.3, -0.25) is 9.59 Å². The van der Waals surface area contributed by atoms with Gasteiger partial charge >= 0.3 is 6.18 Å². The Hall–Kier alpha value is -2.05. The molecule has 0 aromatic heterocycles. The van der Waals surface area contributed by atoms with Crippen LogP contribution in [0.2, 0.25) is 0 Å². The number of anilines is 1. The normalized spacial score (nSPS) is 23.7. The number of para-hydroxylation sites is 1. The van der Waals surface area contributed by atoms with Gasteiger partial charge in [-0.1, -0.05) is 12.1 Å². The molecule has 2 amide bonds. The summed E-state index contributed by atoms with van der Waals surface area (Å²) >= 11 is 0. The molecule has 1 aromatic rings. The van der Waals surface area contributed by atoms with Crippen LogP contribution >= 0.6 is 0 Å². The lowest BCUT2D eigenvalue weighted by molar-refractivity contribution is -0.137. The van der Waals surface area contributed by atoms with Gasteiger partial charge in [-0.25, -0.2) is 0 Å². The molecule has 1 aliphatic carbocycles. The molecule has 0 spiro atoms. The van der Waals surface area contributed by atoms with Gasteiger partial charge in [-0.15, -0.1) is 0 Å². The molecule has 1 aromatic carbocycles. The van der Waals surface area contributed by atoms with E-state index in [-0.39, 0.29) is 17.5 Å². The van der Waals surface area contributed by atoms with Crippen LogP contribution in [0.15, 0.2) is 24.3 Å². The summed E-state index contributed by atoms with van der Waals surface area (Å²) < 4.78 is 38.9. The van der Waals surface area contributed by atoms with Crippen LogP contribution in [0.25, 0.3) is 0 Å². The average Bonchev–Trinajstić information content (AvgIpc) is 3.35. The third kappa shape index (κ3) is 3.55. The van der Waals surface area contributed by atoms with Gasteiger partial charge in [0.05, 0.1) is 23.1 Å². The Bertz CT molecular complexity index is 639.